The van der Waals surface area contributed by atoms with Gasteiger partial charge in [0.15, 0.2) is 5.41 Å². The average Bonchev–Trinajstić information content (AvgIpc) is 2.97. The Kier molecular flexibility index (Phi) is 6.77. The molecule has 3 aromatic rings. The number of ether oxygens (including phenoxy) is 2. The van der Waals surface area contributed by atoms with Crippen LogP contribution < -0.4 is 4.90 Å². The van der Waals surface area contributed by atoms with E-state index < -0.39 is 29.4 Å². The molecule has 0 unspecified atom stereocenters. The number of para-hydroxylation sites is 2. The minimum atomic E-state index is -1.64. The lowest BCUT2D eigenvalue weighted by atomic mass is 9.64. The summed E-state index contributed by atoms with van der Waals surface area (Å²) in [6.45, 7) is 0.452. The van der Waals surface area contributed by atoms with Crippen LogP contribution in [0.3, 0.4) is 0 Å². The van der Waals surface area contributed by atoms with Crippen molar-refractivity contribution in [2.45, 2.75) is 19.1 Å². The molecule has 3 aliphatic rings. The minimum absolute atomic E-state index is 0.0938. The molecular weight excluding hydrogens is 468 g/mol. The van der Waals surface area contributed by atoms with Gasteiger partial charge in [0.2, 0.25) is 0 Å². The van der Waals surface area contributed by atoms with Crippen LogP contribution in [0.4, 0.5) is 16.2 Å². The number of hydrogen-bond acceptors (Lipinski definition) is 5. The molecule has 0 radical (unpaired) electrons. The van der Waals surface area contributed by atoms with E-state index in [2.05, 4.69) is 0 Å². The Labute approximate surface area is 215 Å². The fourth-order valence-electron chi connectivity index (χ4n) is 5.31. The lowest BCUT2D eigenvalue weighted by Crippen LogP contribution is -2.66. The van der Waals surface area contributed by atoms with E-state index in [4.69, 9.17) is 9.47 Å². The van der Waals surface area contributed by atoms with Crippen LogP contribution in [0, 0.1) is 11.3 Å². The van der Waals surface area contributed by atoms with Crippen molar-refractivity contribution in [3.8, 4) is 0 Å². The van der Waals surface area contributed by atoms with Gasteiger partial charge in [-0.1, -0.05) is 78.9 Å². The highest BCUT2D eigenvalue weighted by Crippen LogP contribution is 2.48. The van der Waals surface area contributed by atoms with Crippen molar-refractivity contribution in [2.24, 2.45) is 11.3 Å². The van der Waals surface area contributed by atoms with Gasteiger partial charge in [0.05, 0.1) is 13.2 Å². The number of benzene rings is 3. The van der Waals surface area contributed by atoms with Crippen molar-refractivity contribution >= 4 is 29.3 Å². The number of methoxy groups -OCH3 is 1. The molecule has 1 aliphatic carbocycles. The molecule has 1 fully saturated rings. The van der Waals surface area contributed by atoms with Crippen LogP contribution in [0.25, 0.3) is 0 Å². The maximum absolute atomic E-state index is 14.6. The monoisotopic (exact) mass is 496 g/mol. The number of carbonyl (C=O) groups is 3. The summed E-state index contributed by atoms with van der Waals surface area (Å²) in [4.78, 5) is 44.4. The van der Waals surface area contributed by atoms with Gasteiger partial charge in [0.25, 0.3) is 5.91 Å². The third-order valence-electron chi connectivity index (χ3n) is 7.02. The third kappa shape index (κ3) is 4.48. The van der Waals surface area contributed by atoms with Crippen LogP contribution in [0.1, 0.15) is 12.0 Å². The van der Waals surface area contributed by atoms with Gasteiger partial charge in [0, 0.05) is 17.9 Å². The molecule has 1 saturated heterocycles. The molecule has 2 bridgehead atoms. The lowest BCUT2D eigenvalue weighted by molar-refractivity contribution is -0.166. The number of piperidine rings is 1. The molecule has 2 aliphatic heterocycles. The summed E-state index contributed by atoms with van der Waals surface area (Å²) < 4.78 is 10.9. The Hall–Kier alpha value is -4.39. The van der Waals surface area contributed by atoms with Gasteiger partial charge in [0.1, 0.15) is 6.61 Å². The van der Waals surface area contributed by atoms with E-state index in [1.807, 2.05) is 97.1 Å². The molecule has 188 valence electrons. The summed E-state index contributed by atoms with van der Waals surface area (Å²) in [6, 6.07) is 26.9. The Morgan fingerprint density at radius 1 is 0.865 bits per heavy atom. The number of anilines is 2. The first-order chi connectivity index (χ1) is 18.0. The predicted molar refractivity (Wildman–Crippen MR) is 139 cm³/mol. The fraction of sp³-hybridized carbons (Fsp3) is 0.233. The summed E-state index contributed by atoms with van der Waals surface area (Å²) in [7, 11) is 1.27. The molecule has 0 N–H and O–H groups in total. The summed E-state index contributed by atoms with van der Waals surface area (Å²) in [5.41, 5.74) is 0.448. The highest BCUT2D eigenvalue weighted by Gasteiger charge is 2.62. The van der Waals surface area contributed by atoms with Gasteiger partial charge in [-0.05, 0) is 42.2 Å². The number of hydrogen-bond donors (Lipinski definition) is 0. The zero-order valence-corrected chi connectivity index (χ0v) is 20.5. The highest BCUT2D eigenvalue weighted by molar-refractivity contribution is 6.15. The standard InChI is InChI=1S/C30H28N2O5/c1-36-28(34)30(27(33)32(24-13-7-3-8-14-24)25-15-9-4-10-16-25)19-23-17-18-26(30)31(20-23)29(35)37-21-22-11-5-2-6-12-22/h2-18,23,26H,19-21H2,1H3/t23-,26+,30-/m0/s1. The topological polar surface area (TPSA) is 76.2 Å². The first-order valence-electron chi connectivity index (χ1n) is 12.2. The normalized spacial score (nSPS) is 21.8. The van der Waals surface area contributed by atoms with Gasteiger partial charge >= 0.3 is 12.1 Å². The van der Waals surface area contributed by atoms with E-state index >= 15 is 0 Å². The second kappa shape index (κ2) is 10.3. The Morgan fingerprint density at radius 3 is 1.97 bits per heavy atom. The Morgan fingerprint density at radius 2 is 1.43 bits per heavy atom. The number of carbonyl (C=O) groups excluding carboxylic acids is 3. The minimum Gasteiger partial charge on any atom is -0.468 e. The number of esters is 1. The van der Waals surface area contributed by atoms with Gasteiger partial charge in [-0.3, -0.25) is 19.4 Å². The van der Waals surface area contributed by atoms with Crippen LogP contribution in [-0.4, -0.2) is 42.6 Å². The zero-order chi connectivity index (χ0) is 25.8. The average molecular weight is 497 g/mol. The number of fused-ring (bicyclic) bond motifs is 2. The summed E-state index contributed by atoms with van der Waals surface area (Å²) >= 11 is 0. The highest BCUT2D eigenvalue weighted by atomic mass is 16.6. The van der Waals surface area contributed by atoms with Gasteiger partial charge in [-0.25, -0.2) is 4.79 Å². The fourth-order valence-corrected chi connectivity index (χ4v) is 5.31. The number of nitrogens with zero attached hydrogens (tertiary/aromatic N) is 2. The summed E-state index contributed by atoms with van der Waals surface area (Å²) in [6.07, 6.45) is 3.40. The van der Waals surface area contributed by atoms with Crippen molar-refractivity contribution in [1.82, 2.24) is 4.90 Å². The molecule has 7 nitrogen and oxygen atoms in total. The van der Waals surface area contributed by atoms with E-state index in [0.29, 0.717) is 17.9 Å². The van der Waals surface area contributed by atoms with Crippen LogP contribution in [0.15, 0.2) is 103 Å². The second-order valence-electron chi connectivity index (χ2n) is 9.26. The molecule has 3 atom stereocenters. The second-order valence-corrected chi connectivity index (χ2v) is 9.26. The molecule has 0 aromatic heterocycles. The quantitative estimate of drug-likeness (QED) is 0.269. The molecule has 2 amide bonds. The molecule has 7 heteroatoms. The molecule has 37 heavy (non-hydrogen) atoms. The largest absolute Gasteiger partial charge is 0.468 e. The van der Waals surface area contributed by atoms with Crippen molar-refractivity contribution in [2.75, 3.05) is 18.6 Å². The van der Waals surface area contributed by atoms with Crippen LogP contribution >= 0.6 is 0 Å². The van der Waals surface area contributed by atoms with Gasteiger partial charge < -0.3 is 9.47 Å². The van der Waals surface area contributed by atoms with Crippen molar-refractivity contribution < 1.29 is 23.9 Å². The maximum atomic E-state index is 14.6. The molecule has 2 heterocycles. The molecule has 0 saturated carbocycles. The molecule has 0 spiro atoms. The lowest BCUT2D eigenvalue weighted by Gasteiger charge is -2.51. The zero-order valence-electron chi connectivity index (χ0n) is 20.5. The number of amides is 2. The van der Waals surface area contributed by atoms with E-state index in [-0.39, 0.29) is 18.9 Å². The molecule has 3 aromatic carbocycles. The van der Waals surface area contributed by atoms with Gasteiger partial charge in [-0.15, -0.1) is 0 Å². The van der Waals surface area contributed by atoms with Crippen LogP contribution in [0.5, 0.6) is 0 Å². The Balaban J connectivity index is 1.53. The number of rotatable bonds is 6. The van der Waals surface area contributed by atoms with Crippen molar-refractivity contribution in [1.29, 1.82) is 0 Å². The van der Waals surface area contributed by atoms with Crippen molar-refractivity contribution in [3.05, 3.63) is 109 Å². The summed E-state index contributed by atoms with van der Waals surface area (Å²) in [5.74, 6) is -1.32. The van der Waals surface area contributed by atoms with Crippen LogP contribution in [0.2, 0.25) is 0 Å². The maximum Gasteiger partial charge on any atom is 0.410 e. The first-order valence-corrected chi connectivity index (χ1v) is 12.2. The SMILES string of the molecule is COC(=O)[C@@]1(C(=O)N(c2ccccc2)c2ccccc2)C[C@@H]2C=C[C@H]1N(C(=O)OCc1ccccc1)C2. The predicted octanol–water partition coefficient (Wildman–Crippen LogP) is 5.11. The smallest absolute Gasteiger partial charge is 0.410 e. The molecular formula is C30H28N2O5. The van der Waals surface area contributed by atoms with Crippen molar-refractivity contribution in [3.63, 3.8) is 0 Å². The first kappa shape index (κ1) is 24.3. The summed E-state index contributed by atoms with van der Waals surface area (Å²) in [5, 5.41) is 0. The third-order valence-corrected chi connectivity index (χ3v) is 7.02. The van der Waals surface area contributed by atoms with E-state index in [9.17, 15) is 14.4 Å². The van der Waals surface area contributed by atoms with E-state index in [0.717, 1.165) is 5.56 Å². The molecule has 6 rings (SSSR count). The van der Waals surface area contributed by atoms with Gasteiger partial charge in [-0.2, -0.15) is 0 Å². The Bertz CT molecular complexity index is 1260. The van der Waals surface area contributed by atoms with E-state index in [1.54, 1.807) is 11.0 Å². The van der Waals surface area contributed by atoms with E-state index in [1.165, 1.54) is 12.0 Å². The van der Waals surface area contributed by atoms with Crippen LogP contribution in [-0.2, 0) is 25.7 Å².